The van der Waals surface area contributed by atoms with Gasteiger partial charge in [-0.15, -0.1) is 22.7 Å². The lowest BCUT2D eigenvalue weighted by Gasteiger charge is -2.34. The van der Waals surface area contributed by atoms with E-state index in [1.165, 1.54) is 11.3 Å². The molecular weight excluding hydrogens is 280 g/mol. The van der Waals surface area contributed by atoms with Crippen molar-refractivity contribution in [3.8, 4) is 0 Å². The summed E-state index contributed by atoms with van der Waals surface area (Å²) in [7, 11) is 0. The highest BCUT2D eigenvalue weighted by Crippen LogP contribution is 2.23. The number of thiophene rings is 1. The highest BCUT2D eigenvalue weighted by Gasteiger charge is 2.24. The third-order valence-corrected chi connectivity index (χ3v) is 4.90. The Labute approximate surface area is 119 Å². The number of piperazine rings is 1. The lowest BCUT2D eigenvalue weighted by Crippen LogP contribution is -2.48. The normalized spacial score (nSPS) is 15.8. The minimum absolute atomic E-state index is 0.0475. The number of carbonyl (C=O) groups is 1. The molecule has 0 bridgehead atoms. The van der Waals surface area contributed by atoms with Crippen LogP contribution in [0.2, 0.25) is 0 Å². The number of aromatic nitrogens is 1. The van der Waals surface area contributed by atoms with Crippen molar-refractivity contribution >= 4 is 39.4 Å². The molecule has 0 unspecified atom stereocenters. The minimum atomic E-state index is 0.0475. The molecule has 0 aliphatic carbocycles. The van der Waals surface area contributed by atoms with Gasteiger partial charge in [0, 0.05) is 37.8 Å². The van der Waals surface area contributed by atoms with Crippen LogP contribution in [-0.2, 0) is 0 Å². The largest absolute Gasteiger partial charge is 0.397 e. The molecule has 3 heterocycles. The lowest BCUT2D eigenvalue weighted by molar-refractivity contribution is 0.0752. The van der Waals surface area contributed by atoms with Gasteiger partial charge in [0.25, 0.3) is 5.91 Å². The molecule has 2 aromatic rings. The summed E-state index contributed by atoms with van der Waals surface area (Å²) in [4.78, 5) is 21.3. The molecule has 1 aliphatic heterocycles. The SMILES string of the molecule is Nc1ccsc1C(=O)N1CCN(c2nccs2)CC1. The van der Waals surface area contributed by atoms with Crippen molar-refractivity contribution in [1.29, 1.82) is 0 Å². The second kappa shape index (κ2) is 5.18. The van der Waals surface area contributed by atoms with E-state index in [-0.39, 0.29) is 5.91 Å². The third kappa shape index (κ3) is 2.43. The van der Waals surface area contributed by atoms with Crippen LogP contribution in [-0.4, -0.2) is 42.0 Å². The summed E-state index contributed by atoms with van der Waals surface area (Å²) < 4.78 is 0. The fourth-order valence-electron chi connectivity index (χ4n) is 2.11. The summed E-state index contributed by atoms with van der Waals surface area (Å²) >= 11 is 3.04. The van der Waals surface area contributed by atoms with E-state index in [4.69, 9.17) is 5.73 Å². The molecule has 0 spiro atoms. The minimum Gasteiger partial charge on any atom is -0.397 e. The summed E-state index contributed by atoms with van der Waals surface area (Å²) in [5.74, 6) is 0.0475. The smallest absolute Gasteiger partial charge is 0.266 e. The quantitative estimate of drug-likeness (QED) is 0.916. The van der Waals surface area contributed by atoms with Crippen LogP contribution in [0.1, 0.15) is 9.67 Å². The molecule has 7 heteroatoms. The zero-order valence-corrected chi connectivity index (χ0v) is 11.9. The van der Waals surface area contributed by atoms with Crippen molar-refractivity contribution in [3.63, 3.8) is 0 Å². The first-order chi connectivity index (χ1) is 9.25. The van der Waals surface area contributed by atoms with Gasteiger partial charge in [-0.2, -0.15) is 0 Å². The number of anilines is 2. The van der Waals surface area contributed by atoms with Gasteiger partial charge in [-0.3, -0.25) is 4.79 Å². The second-order valence-electron chi connectivity index (χ2n) is 4.30. The molecule has 2 N–H and O–H groups in total. The number of carbonyl (C=O) groups excluding carboxylic acids is 1. The zero-order chi connectivity index (χ0) is 13.2. The van der Waals surface area contributed by atoms with Crippen LogP contribution in [0.15, 0.2) is 23.0 Å². The zero-order valence-electron chi connectivity index (χ0n) is 10.3. The maximum absolute atomic E-state index is 12.3. The fraction of sp³-hybridized carbons (Fsp3) is 0.333. The van der Waals surface area contributed by atoms with Gasteiger partial charge in [-0.1, -0.05) is 0 Å². The van der Waals surface area contributed by atoms with Gasteiger partial charge < -0.3 is 15.5 Å². The van der Waals surface area contributed by atoms with Crippen molar-refractivity contribution in [3.05, 3.63) is 27.9 Å². The monoisotopic (exact) mass is 294 g/mol. The number of amides is 1. The van der Waals surface area contributed by atoms with Gasteiger partial charge in [-0.25, -0.2) is 4.98 Å². The number of nitrogens with two attached hydrogens (primary N) is 1. The molecule has 1 aliphatic rings. The first kappa shape index (κ1) is 12.4. The molecule has 0 radical (unpaired) electrons. The number of nitrogens with zero attached hydrogens (tertiary/aromatic N) is 3. The lowest BCUT2D eigenvalue weighted by atomic mass is 10.3. The topological polar surface area (TPSA) is 62.5 Å². The van der Waals surface area contributed by atoms with Crippen LogP contribution < -0.4 is 10.6 Å². The summed E-state index contributed by atoms with van der Waals surface area (Å²) in [6.45, 7) is 3.08. The van der Waals surface area contributed by atoms with Crippen LogP contribution >= 0.6 is 22.7 Å². The van der Waals surface area contributed by atoms with Crippen molar-refractivity contribution in [2.24, 2.45) is 0 Å². The number of rotatable bonds is 2. The Morgan fingerprint density at radius 2 is 2.00 bits per heavy atom. The molecule has 5 nitrogen and oxygen atoms in total. The van der Waals surface area contributed by atoms with E-state index < -0.39 is 0 Å². The Kier molecular flexibility index (Phi) is 3.39. The molecule has 100 valence electrons. The molecule has 2 aromatic heterocycles. The third-order valence-electron chi connectivity index (χ3n) is 3.15. The van der Waals surface area contributed by atoms with Crippen molar-refractivity contribution < 1.29 is 4.79 Å². The standard InChI is InChI=1S/C12H14N4OS2/c13-9-1-7-18-10(9)11(17)15-3-5-16(6-4-15)12-14-2-8-19-12/h1-2,7-8H,3-6,13H2. The number of thiazole rings is 1. The predicted octanol–water partition coefficient (Wildman–Crippen LogP) is 1.75. The molecule has 1 amide bonds. The van der Waals surface area contributed by atoms with Gasteiger partial charge in [0.05, 0.1) is 5.69 Å². The number of hydrogen-bond acceptors (Lipinski definition) is 6. The Hall–Kier alpha value is -1.60. The van der Waals surface area contributed by atoms with Crippen LogP contribution in [0.5, 0.6) is 0 Å². The van der Waals surface area contributed by atoms with E-state index in [0.717, 1.165) is 31.3 Å². The van der Waals surface area contributed by atoms with Crippen molar-refractivity contribution in [1.82, 2.24) is 9.88 Å². The average Bonchev–Trinajstić information content (AvgIpc) is 3.09. The van der Waals surface area contributed by atoms with Gasteiger partial charge >= 0.3 is 0 Å². The highest BCUT2D eigenvalue weighted by atomic mass is 32.1. The Balaban J connectivity index is 1.64. The van der Waals surface area contributed by atoms with E-state index in [9.17, 15) is 4.79 Å². The van der Waals surface area contributed by atoms with Gasteiger partial charge in [0.1, 0.15) is 4.88 Å². The summed E-state index contributed by atoms with van der Waals surface area (Å²) in [5.41, 5.74) is 6.38. The summed E-state index contributed by atoms with van der Waals surface area (Å²) in [6.07, 6.45) is 1.81. The molecular formula is C12H14N4OS2. The Bertz CT molecular complexity index is 558. The summed E-state index contributed by atoms with van der Waals surface area (Å²) in [6, 6.07) is 1.78. The maximum Gasteiger partial charge on any atom is 0.266 e. The molecule has 0 atom stereocenters. The van der Waals surface area contributed by atoms with Crippen molar-refractivity contribution in [2.75, 3.05) is 36.8 Å². The van der Waals surface area contributed by atoms with Crippen molar-refractivity contribution in [2.45, 2.75) is 0 Å². The number of hydrogen-bond donors (Lipinski definition) is 1. The van der Waals surface area contributed by atoms with E-state index in [1.807, 2.05) is 21.9 Å². The molecule has 1 fully saturated rings. The van der Waals surface area contributed by atoms with E-state index in [0.29, 0.717) is 10.6 Å². The van der Waals surface area contributed by atoms with Gasteiger partial charge in [0.15, 0.2) is 5.13 Å². The van der Waals surface area contributed by atoms with Crippen LogP contribution in [0, 0.1) is 0 Å². The van der Waals surface area contributed by atoms with Crippen LogP contribution in [0.25, 0.3) is 0 Å². The molecule has 3 rings (SSSR count). The molecule has 0 aromatic carbocycles. The molecule has 1 saturated heterocycles. The van der Waals surface area contributed by atoms with Crippen LogP contribution in [0.4, 0.5) is 10.8 Å². The maximum atomic E-state index is 12.3. The Morgan fingerprint density at radius 1 is 1.21 bits per heavy atom. The first-order valence-corrected chi connectivity index (χ1v) is 7.78. The molecule has 0 saturated carbocycles. The second-order valence-corrected chi connectivity index (χ2v) is 6.09. The highest BCUT2D eigenvalue weighted by molar-refractivity contribution is 7.13. The van der Waals surface area contributed by atoms with Gasteiger partial charge in [0.2, 0.25) is 0 Å². The first-order valence-electron chi connectivity index (χ1n) is 6.02. The number of nitrogen functional groups attached to an aromatic ring is 1. The average molecular weight is 294 g/mol. The fourth-order valence-corrected chi connectivity index (χ4v) is 3.59. The van der Waals surface area contributed by atoms with E-state index in [2.05, 4.69) is 9.88 Å². The summed E-state index contributed by atoms with van der Waals surface area (Å²) in [5, 5.41) is 4.86. The van der Waals surface area contributed by atoms with E-state index >= 15 is 0 Å². The van der Waals surface area contributed by atoms with E-state index in [1.54, 1.807) is 17.4 Å². The predicted molar refractivity (Wildman–Crippen MR) is 79.0 cm³/mol. The van der Waals surface area contributed by atoms with Crippen LogP contribution in [0.3, 0.4) is 0 Å². The molecule has 19 heavy (non-hydrogen) atoms. The Morgan fingerprint density at radius 3 is 2.58 bits per heavy atom. The van der Waals surface area contributed by atoms with Gasteiger partial charge in [-0.05, 0) is 11.4 Å².